The van der Waals surface area contributed by atoms with E-state index in [4.69, 9.17) is 0 Å². The molecule has 0 spiro atoms. The molecule has 100 valence electrons. The first-order valence-electron chi connectivity index (χ1n) is 6.41. The molecular formula is C13H15N3O3. The Morgan fingerprint density at radius 3 is 2.53 bits per heavy atom. The third kappa shape index (κ3) is 1.75. The van der Waals surface area contributed by atoms with Crippen LogP contribution < -0.4 is 21.7 Å². The molecule has 1 aromatic rings. The smallest absolute Gasteiger partial charge is 0.295 e. The molecule has 6 heteroatoms. The quantitative estimate of drug-likeness (QED) is 0.627. The van der Waals surface area contributed by atoms with Gasteiger partial charge in [0.15, 0.2) is 0 Å². The van der Waals surface area contributed by atoms with Gasteiger partial charge in [0.05, 0.1) is 10.7 Å². The molecule has 0 aromatic carbocycles. The van der Waals surface area contributed by atoms with E-state index in [1.165, 1.54) is 4.57 Å². The Bertz CT molecular complexity index is 738. The zero-order chi connectivity index (χ0) is 13.6. The summed E-state index contributed by atoms with van der Waals surface area (Å²) in [6, 6.07) is -0.581. The summed E-state index contributed by atoms with van der Waals surface area (Å²) in [5, 5.41) is 3.96. The number of aromatic nitrogens is 2. The number of amides is 2. The SMILES string of the molecule is Cn1c2c(n(C3CCC(=O)NC3=O)c1=O)=CCCC=2. The number of nitrogens with one attached hydrogen (secondary N) is 1. The number of nitrogens with zero attached hydrogens (tertiary/aromatic N) is 2. The third-order valence-electron chi connectivity index (χ3n) is 3.74. The number of imidazole rings is 1. The molecule has 6 nitrogen and oxygen atoms in total. The molecule has 1 aliphatic heterocycles. The van der Waals surface area contributed by atoms with Crippen molar-refractivity contribution in [3.05, 3.63) is 21.2 Å². The van der Waals surface area contributed by atoms with Crippen LogP contribution in [0.2, 0.25) is 0 Å². The van der Waals surface area contributed by atoms with Gasteiger partial charge in [-0.2, -0.15) is 0 Å². The van der Waals surface area contributed by atoms with Crippen LogP contribution in [0.1, 0.15) is 31.7 Å². The zero-order valence-electron chi connectivity index (χ0n) is 10.7. The average Bonchev–Trinajstić information content (AvgIpc) is 2.64. The molecule has 19 heavy (non-hydrogen) atoms. The average molecular weight is 261 g/mol. The Morgan fingerprint density at radius 2 is 1.84 bits per heavy atom. The first kappa shape index (κ1) is 12.0. The van der Waals surface area contributed by atoms with Crippen molar-refractivity contribution in [2.24, 2.45) is 7.05 Å². The van der Waals surface area contributed by atoms with E-state index in [0.717, 1.165) is 23.5 Å². The van der Waals surface area contributed by atoms with Crippen LogP contribution in [0.5, 0.6) is 0 Å². The molecule has 1 aromatic heterocycles. The molecule has 2 amide bonds. The minimum Gasteiger partial charge on any atom is -0.295 e. The van der Waals surface area contributed by atoms with Gasteiger partial charge in [-0.25, -0.2) is 4.79 Å². The number of hydrogen-bond donors (Lipinski definition) is 1. The molecule has 3 rings (SSSR count). The standard InChI is InChI=1S/C13H15N3O3/c1-15-8-4-2-3-5-9(8)16(13(15)19)10-6-7-11(17)14-12(10)18/h4-5,10H,2-3,6-7H2,1H3,(H,14,17,18). The number of hydrogen-bond acceptors (Lipinski definition) is 3. The van der Waals surface area contributed by atoms with Gasteiger partial charge in [-0.1, -0.05) is 12.2 Å². The molecule has 0 radical (unpaired) electrons. The van der Waals surface area contributed by atoms with E-state index in [0.29, 0.717) is 6.42 Å². The van der Waals surface area contributed by atoms with Gasteiger partial charge in [0.1, 0.15) is 6.04 Å². The highest BCUT2D eigenvalue weighted by Crippen LogP contribution is 2.14. The molecule has 2 aliphatic rings. The van der Waals surface area contributed by atoms with Crippen molar-refractivity contribution in [1.82, 2.24) is 14.5 Å². The van der Waals surface area contributed by atoms with Gasteiger partial charge in [0, 0.05) is 13.5 Å². The van der Waals surface area contributed by atoms with E-state index in [1.54, 1.807) is 11.6 Å². The predicted molar refractivity (Wildman–Crippen MR) is 68.5 cm³/mol. The second-order valence-corrected chi connectivity index (χ2v) is 4.93. The van der Waals surface area contributed by atoms with Crippen molar-refractivity contribution in [2.45, 2.75) is 31.7 Å². The maximum atomic E-state index is 12.3. The van der Waals surface area contributed by atoms with Gasteiger partial charge in [0.2, 0.25) is 11.8 Å². The summed E-state index contributed by atoms with van der Waals surface area (Å²) in [7, 11) is 1.71. The summed E-state index contributed by atoms with van der Waals surface area (Å²) in [5.41, 5.74) is -0.200. The maximum Gasteiger partial charge on any atom is 0.329 e. The van der Waals surface area contributed by atoms with E-state index in [-0.39, 0.29) is 23.9 Å². The van der Waals surface area contributed by atoms with Crippen LogP contribution in [-0.4, -0.2) is 20.9 Å². The van der Waals surface area contributed by atoms with Crippen molar-refractivity contribution >= 4 is 24.0 Å². The van der Waals surface area contributed by atoms with Crippen molar-refractivity contribution in [1.29, 1.82) is 0 Å². The first-order valence-corrected chi connectivity index (χ1v) is 6.41. The van der Waals surface area contributed by atoms with Crippen molar-refractivity contribution in [3.8, 4) is 0 Å². The van der Waals surface area contributed by atoms with Crippen molar-refractivity contribution in [2.75, 3.05) is 0 Å². The fraction of sp³-hybridized carbons (Fsp3) is 0.462. The summed E-state index contributed by atoms with van der Waals surface area (Å²) in [4.78, 5) is 35.4. The van der Waals surface area contributed by atoms with E-state index in [9.17, 15) is 14.4 Å². The van der Waals surface area contributed by atoms with Gasteiger partial charge in [-0.05, 0) is 19.3 Å². The molecule has 1 fully saturated rings. The maximum absolute atomic E-state index is 12.3. The predicted octanol–water partition coefficient (Wildman–Crippen LogP) is -1.48. The topological polar surface area (TPSA) is 73.1 Å². The minimum absolute atomic E-state index is 0.200. The van der Waals surface area contributed by atoms with Crippen LogP contribution >= 0.6 is 0 Å². The molecule has 2 heterocycles. The highest BCUT2D eigenvalue weighted by Gasteiger charge is 2.30. The van der Waals surface area contributed by atoms with E-state index in [2.05, 4.69) is 5.32 Å². The second-order valence-electron chi connectivity index (χ2n) is 4.93. The summed E-state index contributed by atoms with van der Waals surface area (Å²) in [6.45, 7) is 0. The Labute approximate surface area is 109 Å². The lowest BCUT2D eigenvalue weighted by Crippen LogP contribution is -2.47. The number of carbonyl (C=O) groups excluding carboxylic acids is 2. The van der Waals surface area contributed by atoms with Gasteiger partial charge in [-0.15, -0.1) is 0 Å². The molecule has 1 saturated heterocycles. The Morgan fingerprint density at radius 1 is 1.16 bits per heavy atom. The van der Waals surface area contributed by atoms with E-state index < -0.39 is 6.04 Å². The Hall–Kier alpha value is -2.11. The van der Waals surface area contributed by atoms with Crippen LogP contribution in [0.25, 0.3) is 12.2 Å². The highest BCUT2D eigenvalue weighted by atomic mass is 16.2. The third-order valence-corrected chi connectivity index (χ3v) is 3.74. The molecule has 1 unspecified atom stereocenters. The Kier molecular flexibility index (Phi) is 2.66. The van der Waals surface area contributed by atoms with Crippen LogP contribution in [0, 0.1) is 0 Å². The first-order chi connectivity index (χ1) is 9.09. The van der Waals surface area contributed by atoms with Gasteiger partial charge >= 0.3 is 5.69 Å². The molecule has 1 N–H and O–H groups in total. The highest BCUT2D eigenvalue weighted by molar-refractivity contribution is 5.99. The number of rotatable bonds is 1. The minimum atomic E-state index is -0.581. The summed E-state index contributed by atoms with van der Waals surface area (Å²) in [6.07, 6.45) is 6.42. The van der Waals surface area contributed by atoms with Gasteiger partial charge in [0.25, 0.3) is 0 Å². The Balaban J connectivity index is 2.20. The zero-order valence-corrected chi connectivity index (χ0v) is 10.7. The van der Waals surface area contributed by atoms with Crippen LogP contribution in [0.3, 0.4) is 0 Å². The fourth-order valence-corrected chi connectivity index (χ4v) is 2.78. The van der Waals surface area contributed by atoms with Gasteiger partial charge in [-0.3, -0.25) is 24.0 Å². The van der Waals surface area contributed by atoms with Crippen LogP contribution in [-0.2, 0) is 16.6 Å². The fourth-order valence-electron chi connectivity index (χ4n) is 2.78. The molecule has 0 bridgehead atoms. The van der Waals surface area contributed by atoms with Gasteiger partial charge < -0.3 is 0 Å². The number of imide groups is 1. The largest absolute Gasteiger partial charge is 0.329 e. The van der Waals surface area contributed by atoms with Crippen LogP contribution in [0.15, 0.2) is 4.79 Å². The monoisotopic (exact) mass is 261 g/mol. The van der Waals surface area contributed by atoms with E-state index in [1.807, 2.05) is 12.2 Å². The summed E-state index contributed by atoms with van der Waals surface area (Å²) < 4.78 is 3.08. The molecule has 1 atom stereocenters. The lowest BCUT2D eigenvalue weighted by Gasteiger charge is -2.21. The van der Waals surface area contributed by atoms with Crippen molar-refractivity contribution in [3.63, 3.8) is 0 Å². The number of piperidine rings is 1. The van der Waals surface area contributed by atoms with E-state index >= 15 is 0 Å². The lowest BCUT2D eigenvalue weighted by atomic mass is 10.1. The summed E-state index contributed by atoms with van der Waals surface area (Å²) >= 11 is 0. The molecule has 0 saturated carbocycles. The lowest BCUT2D eigenvalue weighted by molar-refractivity contribution is -0.135. The number of fused-ring (bicyclic) bond motifs is 1. The number of carbonyl (C=O) groups is 2. The summed E-state index contributed by atoms with van der Waals surface area (Å²) in [5.74, 6) is -0.652. The second kappa shape index (κ2) is 4.22. The molecule has 1 aliphatic carbocycles. The van der Waals surface area contributed by atoms with Crippen LogP contribution in [0.4, 0.5) is 0 Å². The molecular weight excluding hydrogens is 246 g/mol. The normalized spacial score (nSPS) is 22.3. The van der Waals surface area contributed by atoms with Crippen molar-refractivity contribution < 1.29 is 9.59 Å².